The lowest BCUT2D eigenvalue weighted by atomic mass is 10.3. The number of likely N-dealkylation sites (N-methyl/N-ethyl adjacent to an activating group) is 2. The Morgan fingerprint density at radius 1 is 1.20 bits per heavy atom. The fraction of sp³-hybridized carbons (Fsp3) is 0.778. The van der Waals surface area contributed by atoms with Crippen LogP contribution in [0, 0.1) is 0 Å². The van der Waals surface area contributed by atoms with E-state index >= 15 is 0 Å². The lowest BCUT2D eigenvalue weighted by molar-refractivity contribution is -0.122. The fourth-order valence-electron chi connectivity index (χ4n) is 0.955. The third kappa shape index (κ3) is 6.35. The Labute approximate surface area is 94.8 Å². The molecule has 0 saturated heterocycles. The van der Waals surface area contributed by atoms with Crippen molar-refractivity contribution in [2.45, 2.75) is 12.5 Å². The average Bonchev–Trinajstić information content (AvgIpc) is 2.27. The minimum atomic E-state index is -0.190. The van der Waals surface area contributed by atoms with E-state index in [9.17, 15) is 9.59 Å². The summed E-state index contributed by atoms with van der Waals surface area (Å²) in [6.07, 6.45) is 0.491. The van der Waals surface area contributed by atoms with Crippen LogP contribution in [0.3, 0.4) is 0 Å². The van der Waals surface area contributed by atoms with Crippen molar-refractivity contribution in [2.24, 2.45) is 0 Å². The molecule has 0 fully saturated rings. The van der Waals surface area contributed by atoms with Crippen molar-refractivity contribution in [3.8, 4) is 0 Å². The number of hydrogen-bond donors (Lipinski definition) is 3. The molecule has 0 bridgehead atoms. The van der Waals surface area contributed by atoms with E-state index in [1.54, 1.807) is 32.9 Å². The molecule has 1 unspecified atom stereocenters. The second-order valence-electron chi connectivity index (χ2n) is 2.95. The van der Waals surface area contributed by atoms with Gasteiger partial charge in [0.25, 0.3) is 0 Å². The van der Waals surface area contributed by atoms with Gasteiger partial charge in [-0.15, -0.1) is 0 Å². The summed E-state index contributed by atoms with van der Waals surface area (Å²) >= 11 is 1.59. The standard InChI is InChI=1S/C9H19N3O2S/c1-10-7(9(14)12-3)6-15-5-4-8(13)11-2/h7,10H,4-6H2,1-3H3,(H,11,13)(H,12,14). The Kier molecular flexibility index (Phi) is 8.12. The summed E-state index contributed by atoms with van der Waals surface area (Å²) in [7, 11) is 4.98. The molecule has 15 heavy (non-hydrogen) atoms. The number of rotatable bonds is 7. The normalized spacial score (nSPS) is 11.9. The molecule has 0 rings (SSSR count). The fourth-order valence-corrected chi connectivity index (χ4v) is 2.01. The number of amides is 2. The summed E-state index contributed by atoms with van der Waals surface area (Å²) < 4.78 is 0. The van der Waals surface area contributed by atoms with E-state index in [1.807, 2.05) is 0 Å². The summed E-state index contributed by atoms with van der Waals surface area (Å²) in [6, 6.07) is -0.190. The average molecular weight is 233 g/mol. The molecule has 0 aliphatic rings. The van der Waals surface area contributed by atoms with Crippen LogP contribution < -0.4 is 16.0 Å². The molecule has 5 nitrogen and oxygen atoms in total. The first-order valence-corrected chi connectivity index (χ1v) is 5.98. The Morgan fingerprint density at radius 2 is 1.87 bits per heavy atom. The van der Waals surface area contributed by atoms with Crippen LogP contribution in [0.25, 0.3) is 0 Å². The SMILES string of the molecule is CNC(=O)CCSCC(NC)C(=O)NC. The van der Waals surface area contributed by atoms with Gasteiger partial charge in [-0.3, -0.25) is 9.59 Å². The highest BCUT2D eigenvalue weighted by molar-refractivity contribution is 7.99. The Hall–Kier alpha value is -0.750. The van der Waals surface area contributed by atoms with Crippen molar-refractivity contribution in [1.82, 2.24) is 16.0 Å². The highest BCUT2D eigenvalue weighted by Crippen LogP contribution is 2.04. The van der Waals surface area contributed by atoms with Gasteiger partial charge in [-0.2, -0.15) is 11.8 Å². The zero-order chi connectivity index (χ0) is 11.7. The van der Waals surface area contributed by atoms with Crippen LogP contribution in [-0.2, 0) is 9.59 Å². The molecule has 1 atom stereocenters. The first-order valence-electron chi connectivity index (χ1n) is 4.82. The van der Waals surface area contributed by atoms with E-state index in [2.05, 4.69) is 16.0 Å². The molecule has 88 valence electrons. The predicted octanol–water partition coefficient (Wildman–Crippen LogP) is -0.810. The van der Waals surface area contributed by atoms with Crippen LogP contribution in [-0.4, -0.2) is 50.5 Å². The van der Waals surface area contributed by atoms with Crippen molar-refractivity contribution < 1.29 is 9.59 Å². The molecule has 0 aromatic carbocycles. The number of carbonyl (C=O) groups is 2. The minimum Gasteiger partial charge on any atom is -0.359 e. The first kappa shape index (κ1) is 14.2. The maximum atomic E-state index is 11.3. The molecule has 0 aromatic heterocycles. The summed E-state index contributed by atoms with van der Waals surface area (Å²) in [5.74, 6) is 1.41. The lowest BCUT2D eigenvalue weighted by Gasteiger charge is -2.13. The van der Waals surface area contributed by atoms with Gasteiger partial charge in [-0.1, -0.05) is 0 Å². The van der Waals surface area contributed by atoms with Crippen molar-refractivity contribution in [1.29, 1.82) is 0 Å². The molecule has 6 heteroatoms. The van der Waals surface area contributed by atoms with Crippen LogP contribution in [0.5, 0.6) is 0 Å². The third-order valence-electron chi connectivity index (χ3n) is 1.95. The Balaban J connectivity index is 3.64. The topological polar surface area (TPSA) is 70.2 Å². The van der Waals surface area contributed by atoms with Gasteiger partial charge in [0.15, 0.2) is 0 Å². The predicted molar refractivity (Wildman–Crippen MR) is 62.9 cm³/mol. The van der Waals surface area contributed by atoms with Crippen LogP contribution in [0.15, 0.2) is 0 Å². The number of nitrogens with one attached hydrogen (secondary N) is 3. The highest BCUT2D eigenvalue weighted by atomic mass is 32.2. The maximum absolute atomic E-state index is 11.3. The molecular weight excluding hydrogens is 214 g/mol. The molecule has 0 aliphatic carbocycles. The summed E-state index contributed by atoms with van der Waals surface area (Å²) in [6.45, 7) is 0. The van der Waals surface area contributed by atoms with Gasteiger partial charge in [0.1, 0.15) is 0 Å². The van der Waals surface area contributed by atoms with Gasteiger partial charge in [-0.25, -0.2) is 0 Å². The molecule has 2 amide bonds. The molecular formula is C9H19N3O2S. The van der Waals surface area contributed by atoms with Gasteiger partial charge in [0, 0.05) is 32.0 Å². The van der Waals surface area contributed by atoms with E-state index in [0.717, 1.165) is 5.75 Å². The van der Waals surface area contributed by atoms with Crippen molar-refractivity contribution in [3.05, 3.63) is 0 Å². The minimum absolute atomic E-state index is 0.0232. The smallest absolute Gasteiger partial charge is 0.237 e. The summed E-state index contributed by atoms with van der Waals surface area (Å²) in [5.41, 5.74) is 0. The van der Waals surface area contributed by atoms with Gasteiger partial charge >= 0.3 is 0 Å². The molecule has 0 aromatic rings. The highest BCUT2D eigenvalue weighted by Gasteiger charge is 2.14. The molecule has 0 heterocycles. The zero-order valence-corrected chi connectivity index (χ0v) is 10.2. The number of carbonyl (C=O) groups excluding carboxylic acids is 2. The molecule has 0 aliphatic heterocycles. The zero-order valence-electron chi connectivity index (χ0n) is 9.42. The largest absolute Gasteiger partial charge is 0.359 e. The van der Waals surface area contributed by atoms with Crippen molar-refractivity contribution in [3.63, 3.8) is 0 Å². The number of thioether (sulfide) groups is 1. The summed E-state index contributed by atoms with van der Waals surface area (Å²) in [4.78, 5) is 22.2. The first-order chi connectivity index (χ1) is 7.15. The summed E-state index contributed by atoms with van der Waals surface area (Å²) in [5, 5.41) is 8.06. The second-order valence-corrected chi connectivity index (χ2v) is 4.10. The quantitative estimate of drug-likeness (QED) is 0.503. The van der Waals surface area contributed by atoms with E-state index < -0.39 is 0 Å². The Morgan fingerprint density at radius 3 is 2.33 bits per heavy atom. The van der Waals surface area contributed by atoms with Gasteiger partial charge < -0.3 is 16.0 Å². The molecule has 0 spiro atoms. The van der Waals surface area contributed by atoms with Gasteiger partial charge in [0.05, 0.1) is 6.04 Å². The lowest BCUT2D eigenvalue weighted by Crippen LogP contribution is -2.42. The maximum Gasteiger partial charge on any atom is 0.237 e. The van der Waals surface area contributed by atoms with Crippen LogP contribution >= 0.6 is 11.8 Å². The van der Waals surface area contributed by atoms with Gasteiger partial charge in [-0.05, 0) is 7.05 Å². The van der Waals surface area contributed by atoms with Crippen molar-refractivity contribution >= 4 is 23.6 Å². The van der Waals surface area contributed by atoms with Crippen LogP contribution in [0.1, 0.15) is 6.42 Å². The Bertz CT molecular complexity index is 212. The molecule has 0 saturated carbocycles. The van der Waals surface area contributed by atoms with E-state index in [-0.39, 0.29) is 17.9 Å². The molecule has 0 radical (unpaired) electrons. The number of hydrogen-bond acceptors (Lipinski definition) is 4. The van der Waals surface area contributed by atoms with E-state index in [0.29, 0.717) is 12.2 Å². The van der Waals surface area contributed by atoms with Gasteiger partial charge in [0.2, 0.25) is 11.8 Å². The van der Waals surface area contributed by atoms with Crippen LogP contribution in [0.2, 0.25) is 0 Å². The van der Waals surface area contributed by atoms with Crippen molar-refractivity contribution in [2.75, 3.05) is 32.6 Å². The second kappa shape index (κ2) is 8.55. The van der Waals surface area contributed by atoms with E-state index in [4.69, 9.17) is 0 Å². The monoisotopic (exact) mass is 233 g/mol. The molecule has 3 N–H and O–H groups in total. The third-order valence-corrected chi connectivity index (χ3v) is 3.01. The van der Waals surface area contributed by atoms with E-state index in [1.165, 1.54) is 0 Å². The van der Waals surface area contributed by atoms with Crippen LogP contribution in [0.4, 0.5) is 0 Å².